The van der Waals surface area contributed by atoms with Gasteiger partial charge in [0.2, 0.25) is 5.03 Å². The number of nitrogens with zero attached hydrogens (tertiary/aromatic N) is 1. The Morgan fingerprint density at radius 1 is 1.24 bits per heavy atom. The van der Waals surface area contributed by atoms with Gasteiger partial charge in [-0.2, -0.15) is 13.5 Å². The average Bonchev–Trinajstić information content (AvgIpc) is 2.77. The monoisotopic (exact) mass is 321 g/mol. The fourth-order valence-corrected chi connectivity index (χ4v) is 2.88. The van der Waals surface area contributed by atoms with Crippen LogP contribution in [0.15, 0.2) is 17.2 Å². The van der Waals surface area contributed by atoms with E-state index in [4.69, 9.17) is 5.11 Å². The lowest BCUT2D eigenvalue weighted by molar-refractivity contribution is 0.277. The van der Waals surface area contributed by atoms with Gasteiger partial charge in [0.15, 0.2) is 11.6 Å². The molecule has 0 unspecified atom stereocenters. The van der Waals surface area contributed by atoms with Crippen molar-refractivity contribution in [2.75, 3.05) is 4.72 Å². The summed E-state index contributed by atoms with van der Waals surface area (Å²) >= 11 is 0. The smallest absolute Gasteiger partial charge is 0.281 e. The van der Waals surface area contributed by atoms with Crippen molar-refractivity contribution in [3.05, 3.63) is 40.8 Å². The van der Waals surface area contributed by atoms with Crippen molar-refractivity contribution in [3.63, 3.8) is 0 Å². The number of aromatic nitrogens is 2. The predicted octanol–water partition coefficient (Wildman–Crippen LogP) is 1.43. The Morgan fingerprint density at radius 2 is 1.86 bits per heavy atom. The molecule has 0 saturated carbocycles. The van der Waals surface area contributed by atoms with Crippen LogP contribution in [0.25, 0.3) is 0 Å². The van der Waals surface area contributed by atoms with Crippen LogP contribution in [0.4, 0.5) is 18.9 Å². The van der Waals surface area contributed by atoms with Gasteiger partial charge in [-0.3, -0.25) is 9.82 Å². The molecular formula is C11H10F3N3O3S. The molecule has 1 heterocycles. The quantitative estimate of drug-likeness (QED) is 0.742. The minimum Gasteiger partial charge on any atom is -0.392 e. The van der Waals surface area contributed by atoms with E-state index in [-0.39, 0.29) is 11.6 Å². The molecule has 0 aliphatic carbocycles. The first kappa shape index (κ1) is 15.3. The van der Waals surface area contributed by atoms with E-state index >= 15 is 0 Å². The summed E-state index contributed by atoms with van der Waals surface area (Å²) in [6.07, 6.45) is 0. The van der Waals surface area contributed by atoms with Crippen LogP contribution >= 0.6 is 0 Å². The molecule has 1 aromatic carbocycles. The highest BCUT2D eigenvalue weighted by Gasteiger charge is 2.25. The molecule has 0 bridgehead atoms. The van der Waals surface area contributed by atoms with Crippen molar-refractivity contribution in [1.82, 2.24) is 10.2 Å². The molecule has 0 aliphatic rings. The molecule has 0 fully saturated rings. The molecule has 0 saturated heterocycles. The Hall–Kier alpha value is -2.07. The zero-order valence-corrected chi connectivity index (χ0v) is 11.4. The third-order valence-electron chi connectivity index (χ3n) is 2.70. The number of hydrogen-bond acceptors (Lipinski definition) is 4. The number of hydrogen-bond donors (Lipinski definition) is 3. The zero-order chi connectivity index (χ0) is 15.8. The lowest BCUT2D eigenvalue weighted by atomic mass is 10.3. The molecule has 21 heavy (non-hydrogen) atoms. The molecule has 114 valence electrons. The van der Waals surface area contributed by atoms with Gasteiger partial charge in [0.05, 0.1) is 12.3 Å². The summed E-state index contributed by atoms with van der Waals surface area (Å²) < 4.78 is 65.2. The standard InChI is InChI=1S/C11H10F3N3O3S/c1-5-6(4-18)11(16-15-5)21(19,20)17-10-3-8(13)7(12)2-9(10)14/h2-3,17-18H,4H2,1H3,(H,15,16). The fraction of sp³-hybridized carbons (Fsp3) is 0.182. The van der Waals surface area contributed by atoms with Crippen molar-refractivity contribution in [2.45, 2.75) is 18.6 Å². The molecule has 10 heteroatoms. The van der Waals surface area contributed by atoms with Crippen LogP contribution in [-0.2, 0) is 16.6 Å². The molecule has 2 rings (SSSR count). The number of benzene rings is 1. The van der Waals surface area contributed by atoms with E-state index in [9.17, 15) is 21.6 Å². The summed E-state index contributed by atoms with van der Waals surface area (Å²) in [6.45, 7) is 0.870. The number of aliphatic hydroxyl groups is 1. The molecule has 0 spiro atoms. The van der Waals surface area contributed by atoms with Gasteiger partial charge in [0, 0.05) is 23.4 Å². The topological polar surface area (TPSA) is 95.1 Å². The lowest BCUT2D eigenvalue weighted by Crippen LogP contribution is -2.16. The van der Waals surface area contributed by atoms with Crippen LogP contribution in [0.5, 0.6) is 0 Å². The van der Waals surface area contributed by atoms with Crippen molar-refractivity contribution >= 4 is 15.7 Å². The number of anilines is 1. The predicted molar refractivity (Wildman–Crippen MR) is 66.4 cm³/mol. The van der Waals surface area contributed by atoms with E-state index in [1.807, 2.05) is 0 Å². The van der Waals surface area contributed by atoms with Crippen LogP contribution in [0.3, 0.4) is 0 Å². The third kappa shape index (κ3) is 2.85. The third-order valence-corrected chi connectivity index (χ3v) is 4.04. The maximum absolute atomic E-state index is 13.5. The Kier molecular flexibility index (Phi) is 3.92. The van der Waals surface area contributed by atoms with E-state index in [0.29, 0.717) is 11.8 Å². The second-order valence-corrected chi connectivity index (χ2v) is 5.74. The Morgan fingerprint density at radius 3 is 2.48 bits per heavy atom. The number of rotatable bonds is 4. The summed E-state index contributed by atoms with van der Waals surface area (Å²) in [7, 11) is -4.37. The SMILES string of the molecule is Cc1[nH]nc(S(=O)(=O)Nc2cc(F)c(F)cc2F)c1CO. The van der Waals surface area contributed by atoms with Crippen LogP contribution < -0.4 is 4.72 Å². The first-order valence-electron chi connectivity index (χ1n) is 5.58. The summed E-state index contributed by atoms with van der Waals surface area (Å²) in [5.41, 5.74) is -0.465. The first-order chi connectivity index (χ1) is 9.76. The van der Waals surface area contributed by atoms with Gasteiger partial charge in [-0.25, -0.2) is 13.2 Å². The van der Waals surface area contributed by atoms with Crippen molar-refractivity contribution in [3.8, 4) is 0 Å². The van der Waals surface area contributed by atoms with Gasteiger partial charge < -0.3 is 5.11 Å². The first-order valence-corrected chi connectivity index (χ1v) is 7.06. The van der Waals surface area contributed by atoms with E-state index in [1.165, 1.54) is 6.92 Å². The maximum Gasteiger partial charge on any atom is 0.281 e. The largest absolute Gasteiger partial charge is 0.392 e. The van der Waals surface area contributed by atoms with Crippen molar-refractivity contribution < 1.29 is 26.7 Å². The minimum atomic E-state index is -4.37. The second kappa shape index (κ2) is 5.37. The van der Waals surface area contributed by atoms with Crippen LogP contribution in [-0.4, -0.2) is 23.7 Å². The summed E-state index contributed by atoms with van der Waals surface area (Å²) in [5, 5.41) is 14.4. The van der Waals surface area contributed by atoms with Crippen LogP contribution in [0.2, 0.25) is 0 Å². The number of sulfonamides is 1. The highest BCUT2D eigenvalue weighted by atomic mass is 32.2. The van der Waals surface area contributed by atoms with E-state index < -0.39 is 44.8 Å². The molecular weight excluding hydrogens is 311 g/mol. The Labute approximate surface area is 117 Å². The number of aryl methyl sites for hydroxylation is 1. The maximum atomic E-state index is 13.5. The van der Waals surface area contributed by atoms with E-state index in [0.717, 1.165) is 0 Å². The van der Waals surface area contributed by atoms with Crippen molar-refractivity contribution in [1.29, 1.82) is 0 Å². The summed E-state index contributed by atoms with van der Waals surface area (Å²) in [4.78, 5) is 0. The van der Waals surface area contributed by atoms with E-state index in [1.54, 1.807) is 4.72 Å². The molecule has 0 atom stereocenters. The Balaban J connectivity index is 2.45. The summed E-state index contributed by atoms with van der Waals surface area (Å²) in [5.74, 6) is -4.13. The lowest BCUT2D eigenvalue weighted by Gasteiger charge is -2.08. The van der Waals surface area contributed by atoms with Crippen molar-refractivity contribution in [2.24, 2.45) is 0 Å². The van der Waals surface area contributed by atoms with Crippen LogP contribution in [0.1, 0.15) is 11.3 Å². The van der Waals surface area contributed by atoms with Gasteiger partial charge in [0.1, 0.15) is 5.82 Å². The van der Waals surface area contributed by atoms with Gasteiger partial charge in [-0.15, -0.1) is 0 Å². The highest BCUT2D eigenvalue weighted by molar-refractivity contribution is 7.92. The molecule has 0 aliphatic heterocycles. The molecule has 0 amide bonds. The number of aliphatic hydroxyl groups excluding tert-OH is 1. The molecule has 3 N–H and O–H groups in total. The average molecular weight is 321 g/mol. The molecule has 0 radical (unpaired) electrons. The van der Waals surface area contributed by atoms with Gasteiger partial charge >= 0.3 is 0 Å². The number of nitrogens with one attached hydrogen (secondary N) is 2. The summed E-state index contributed by atoms with van der Waals surface area (Å²) in [6, 6.07) is 0.594. The highest BCUT2D eigenvalue weighted by Crippen LogP contribution is 2.23. The molecule has 6 nitrogen and oxygen atoms in total. The van der Waals surface area contributed by atoms with Crippen LogP contribution in [0, 0.1) is 24.4 Å². The number of H-pyrrole nitrogens is 1. The molecule has 2 aromatic rings. The second-order valence-electron chi connectivity index (χ2n) is 4.14. The van der Waals surface area contributed by atoms with Gasteiger partial charge in [-0.05, 0) is 6.92 Å². The minimum absolute atomic E-state index is 0.00880. The van der Waals surface area contributed by atoms with Gasteiger partial charge in [0.25, 0.3) is 10.0 Å². The fourth-order valence-electron chi connectivity index (χ4n) is 1.63. The number of halogens is 3. The molecule has 1 aromatic heterocycles. The number of aromatic amines is 1. The normalized spacial score (nSPS) is 11.7. The van der Waals surface area contributed by atoms with E-state index in [2.05, 4.69) is 10.2 Å². The van der Waals surface area contributed by atoms with Gasteiger partial charge in [-0.1, -0.05) is 0 Å². The Bertz CT molecular complexity index is 789. The zero-order valence-electron chi connectivity index (χ0n) is 10.6.